The maximum absolute atomic E-state index is 10.5. The van der Waals surface area contributed by atoms with Crippen molar-refractivity contribution in [3.63, 3.8) is 0 Å². The van der Waals surface area contributed by atoms with E-state index in [1.54, 1.807) is 0 Å². The van der Waals surface area contributed by atoms with E-state index in [1.807, 2.05) is 32.9 Å². The molecular weight excluding hydrogens is 210 g/mol. The van der Waals surface area contributed by atoms with E-state index in [4.69, 9.17) is 14.6 Å². The molecule has 5 heteroatoms. The van der Waals surface area contributed by atoms with Gasteiger partial charge in [-0.3, -0.25) is 0 Å². The van der Waals surface area contributed by atoms with Crippen molar-refractivity contribution in [2.24, 2.45) is 0 Å². The summed E-state index contributed by atoms with van der Waals surface area (Å²) in [6.45, 7) is 6.57. The first-order valence-electron chi connectivity index (χ1n) is 5.31. The molecule has 1 rings (SSSR count). The molecule has 0 aliphatic carbocycles. The van der Waals surface area contributed by atoms with Crippen molar-refractivity contribution in [1.82, 2.24) is 5.32 Å². The number of hydrogen-bond donors (Lipinski definition) is 2. The topological polar surface area (TPSA) is 67.8 Å². The van der Waals surface area contributed by atoms with Crippen LogP contribution in [-0.2, 0) is 9.47 Å². The molecule has 1 heterocycles. The first-order valence-corrected chi connectivity index (χ1v) is 5.31. The number of carbonyl (C=O) groups is 1. The maximum Gasteiger partial charge on any atom is 0.404 e. The van der Waals surface area contributed by atoms with E-state index in [0.29, 0.717) is 6.61 Å². The Morgan fingerprint density at radius 3 is 2.81 bits per heavy atom. The van der Waals surface area contributed by atoms with E-state index in [2.05, 4.69) is 5.32 Å². The highest BCUT2D eigenvalue weighted by Gasteiger charge is 2.28. The molecule has 0 fully saturated rings. The van der Waals surface area contributed by atoms with E-state index in [0.717, 1.165) is 0 Å². The highest BCUT2D eigenvalue weighted by Crippen LogP contribution is 2.18. The second-order valence-corrected chi connectivity index (χ2v) is 4.68. The molecule has 1 aliphatic rings. The third-order valence-electron chi connectivity index (χ3n) is 2.04. The van der Waals surface area contributed by atoms with Crippen molar-refractivity contribution in [3.05, 3.63) is 12.2 Å². The molecule has 0 saturated heterocycles. The Bertz CT molecular complexity index is 270. The van der Waals surface area contributed by atoms with E-state index in [-0.39, 0.29) is 24.4 Å². The van der Waals surface area contributed by atoms with Crippen LogP contribution in [0.1, 0.15) is 20.8 Å². The lowest BCUT2D eigenvalue weighted by atomic mass is 10.1. The number of ether oxygens (including phenoxy) is 2. The van der Waals surface area contributed by atoms with E-state index in [9.17, 15) is 4.79 Å². The highest BCUT2D eigenvalue weighted by molar-refractivity contribution is 5.64. The molecule has 1 amide bonds. The Morgan fingerprint density at radius 1 is 1.69 bits per heavy atom. The van der Waals surface area contributed by atoms with Crippen molar-refractivity contribution >= 4 is 6.09 Å². The lowest BCUT2D eigenvalue weighted by Gasteiger charge is -2.30. The summed E-state index contributed by atoms with van der Waals surface area (Å²) in [5.74, 6) is 0. The van der Waals surface area contributed by atoms with Crippen LogP contribution < -0.4 is 5.32 Å². The fourth-order valence-corrected chi connectivity index (χ4v) is 1.51. The predicted molar refractivity (Wildman–Crippen MR) is 59.5 cm³/mol. The van der Waals surface area contributed by atoms with Crippen LogP contribution in [0.2, 0.25) is 0 Å². The number of nitrogens with one attached hydrogen (secondary N) is 1. The van der Waals surface area contributed by atoms with Gasteiger partial charge in [-0.1, -0.05) is 12.2 Å². The minimum Gasteiger partial charge on any atom is -0.465 e. The monoisotopic (exact) mass is 229 g/mol. The predicted octanol–water partition coefficient (Wildman–Crippen LogP) is 1.39. The molecule has 92 valence electrons. The zero-order chi connectivity index (χ0) is 12.2. The molecule has 2 N–H and O–H groups in total. The summed E-state index contributed by atoms with van der Waals surface area (Å²) >= 11 is 0. The summed E-state index contributed by atoms with van der Waals surface area (Å²) in [7, 11) is 0. The van der Waals surface area contributed by atoms with E-state index < -0.39 is 6.09 Å². The van der Waals surface area contributed by atoms with Gasteiger partial charge in [0.2, 0.25) is 0 Å². The zero-order valence-electron chi connectivity index (χ0n) is 9.90. The molecule has 16 heavy (non-hydrogen) atoms. The molecule has 1 aliphatic heterocycles. The summed E-state index contributed by atoms with van der Waals surface area (Å²) < 4.78 is 11.2. The second-order valence-electron chi connectivity index (χ2n) is 4.68. The Hall–Kier alpha value is -1.07. The fraction of sp³-hybridized carbons (Fsp3) is 0.727. The average Bonchev–Trinajstić information content (AvgIpc) is 2.62. The van der Waals surface area contributed by atoms with Gasteiger partial charge in [-0.05, 0) is 20.8 Å². The minimum atomic E-state index is -1.05. The molecule has 0 saturated carbocycles. The van der Waals surface area contributed by atoms with Gasteiger partial charge < -0.3 is 19.9 Å². The molecule has 0 aromatic carbocycles. The van der Waals surface area contributed by atoms with Crippen LogP contribution in [0, 0.1) is 0 Å². The average molecular weight is 229 g/mol. The van der Waals surface area contributed by atoms with E-state index in [1.165, 1.54) is 0 Å². The molecular formula is C11H19NO4. The van der Waals surface area contributed by atoms with Crippen LogP contribution in [0.25, 0.3) is 0 Å². The van der Waals surface area contributed by atoms with Gasteiger partial charge in [-0.15, -0.1) is 0 Å². The Balaban J connectivity index is 2.54. The first kappa shape index (κ1) is 13.0. The van der Waals surface area contributed by atoms with Gasteiger partial charge in [-0.25, -0.2) is 4.79 Å². The van der Waals surface area contributed by atoms with Crippen molar-refractivity contribution in [2.45, 2.75) is 38.6 Å². The van der Waals surface area contributed by atoms with Crippen LogP contribution in [0.15, 0.2) is 12.2 Å². The maximum atomic E-state index is 10.5. The summed E-state index contributed by atoms with van der Waals surface area (Å²) in [4.78, 5) is 10.5. The quantitative estimate of drug-likeness (QED) is 0.715. The fourth-order valence-electron chi connectivity index (χ4n) is 1.51. The Kier molecular flexibility index (Phi) is 4.32. The third-order valence-corrected chi connectivity index (χ3v) is 2.04. The number of hydrogen-bond acceptors (Lipinski definition) is 3. The molecule has 2 atom stereocenters. The van der Waals surface area contributed by atoms with Crippen molar-refractivity contribution in [1.29, 1.82) is 0 Å². The van der Waals surface area contributed by atoms with Gasteiger partial charge in [0.15, 0.2) is 0 Å². The number of carboxylic acid groups (broad SMARTS) is 1. The van der Waals surface area contributed by atoms with Gasteiger partial charge in [0.1, 0.15) is 12.2 Å². The van der Waals surface area contributed by atoms with Gasteiger partial charge >= 0.3 is 6.09 Å². The third kappa shape index (κ3) is 4.63. The van der Waals surface area contributed by atoms with Gasteiger partial charge in [0, 0.05) is 0 Å². The summed E-state index contributed by atoms with van der Waals surface area (Å²) in [5, 5.41) is 10.9. The standard InChI is InChI=1S/C11H19NO4/c1-11(2,3)16-9(7-12-10(13)14)8-5-4-6-15-8/h4-5,8-9,12H,6-7H2,1-3H3,(H,13,14)/t8-,9-/m0/s1. The van der Waals surface area contributed by atoms with E-state index >= 15 is 0 Å². The summed E-state index contributed by atoms with van der Waals surface area (Å²) in [6, 6.07) is 0. The van der Waals surface area contributed by atoms with Crippen LogP contribution in [0.3, 0.4) is 0 Å². The zero-order valence-corrected chi connectivity index (χ0v) is 9.90. The molecule has 0 radical (unpaired) electrons. The number of amides is 1. The van der Waals surface area contributed by atoms with Gasteiger partial charge in [-0.2, -0.15) is 0 Å². The van der Waals surface area contributed by atoms with Crippen LogP contribution in [0.5, 0.6) is 0 Å². The summed E-state index contributed by atoms with van der Waals surface area (Å²) in [5.41, 5.74) is -0.329. The Labute approximate surface area is 95.4 Å². The summed E-state index contributed by atoms with van der Waals surface area (Å²) in [6.07, 6.45) is 2.29. The van der Waals surface area contributed by atoms with Crippen LogP contribution >= 0.6 is 0 Å². The first-order chi connectivity index (χ1) is 7.38. The highest BCUT2D eigenvalue weighted by atomic mass is 16.6. The van der Waals surface area contributed by atoms with Crippen LogP contribution in [-0.4, -0.2) is 42.2 Å². The van der Waals surface area contributed by atoms with Gasteiger partial charge in [0.05, 0.1) is 18.8 Å². The molecule has 0 spiro atoms. The lowest BCUT2D eigenvalue weighted by molar-refractivity contribution is -0.105. The van der Waals surface area contributed by atoms with Crippen molar-refractivity contribution < 1.29 is 19.4 Å². The molecule has 0 aromatic rings. The largest absolute Gasteiger partial charge is 0.465 e. The van der Waals surface area contributed by atoms with Crippen LogP contribution in [0.4, 0.5) is 4.79 Å². The number of rotatable bonds is 4. The van der Waals surface area contributed by atoms with Gasteiger partial charge in [0.25, 0.3) is 0 Å². The Morgan fingerprint density at radius 2 is 2.38 bits per heavy atom. The lowest BCUT2D eigenvalue weighted by Crippen LogP contribution is -2.43. The normalized spacial score (nSPS) is 22.1. The molecule has 0 bridgehead atoms. The van der Waals surface area contributed by atoms with Crippen molar-refractivity contribution in [3.8, 4) is 0 Å². The second kappa shape index (κ2) is 5.32. The molecule has 5 nitrogen and oxygen atoms in total. The smallest absolute Gasteiger partial charge is 0.404 e. The minimum absolute atomic E-state index is 0.175. The van der Waals surface area contributed by atoms with Crippen molar-refractivity contribution in [2.75, 3.05) is 13.2 Å². The molecule has 0 unspecified atom stereocenters. The SMILES string of the molecule is CC(C)(C)O[C@@H](CNC(=O)O)[C@@H]1C=CCO1. The molecule has 0 aromatic heterocycles.